The van der Waals surface area contributed by atoms with E-state index in [1.165, 1.54) is 0 Å². The lowest BCUT2D eigenvalue weighted by molar-refractivity contribution is 0.0870. The Labute approximate surface area is 140 Å². The summed E-state index contributed by atoms with van der Waals surface area (Å²) in [7, 11) is 0. The standard InChI is InChI=1S/C20H17N3O/c21-12-14-7-9-16(10-8-14)18-13-22-23-20(18)11-3-5-15-4-1-2-6-17(15)19(20)24/h1-2,4,6-10,18H,3,5,11,13H2. The molecule has 2 aromatic rings. The summed E-state index contributed by atoms with van der Waals surface area (Å²) in [5.74, 6) is 0.0371. The molecule has 0 amide bonds. The summed E-state index contributed by atoms with van der Waals surface area (Å²) >= 11 is 0. The van der Waals surface area contributed by atoms with E-state index in [2.05, 4.69) is 16.3 Å². The van der Waals surface area contributed by atoms with Gasteiger partial charge in [0.05, 0.1) is 18.2 Å². The highest BCUT2D eigenvalue weighted by Gasteiger charge is 2.50. The zero-order chi connectivity index (χ0) is 16.6. The number of carbonyl (C=O) groups excluding carboxylic acids is 1. The van der Waals surface area contributed by atoms with Crippen LogP contribution in [0.15, 0.2) is 58.8 Å². The fourth-order valence-corrected chi connectivity index (χ4v) is 3.92. The zero-order valence-electron chi connectivity index (χ0n) is 13.3. The van der Waals surface area contributed by atoms with Crippen LogP contribution < -0.4 is 0 Å². The van der Waals surface area contributed by atoms with Crippen LogP contribution in [-0.4, -0.2) is 17.9 Å². The normalized spacial score (nSPS) is 25.3. The molecule has 4 nitrogen and oxygen atoms in total. The van der Waals surface area contributed by atoms with Gasteiger partial charge < -0.3 is 0 Å². The number of ketones is 1. The molecule has 2 aromatic carbocycles. The van der Waals surface area contributed by atoms with E-state index in [0.717, 1.165) is 29.5 Å². The van der Waals surface area contributed by atoms with Crippen molar-refractivity contribution in [2.24, 2.45) is 10.2 Å². The molecule has 1 heterocycles. The van der Waals surface area contributed by atoms with Gasteiger partial charge in [-0.05, 0) is 42.5 Å². The van der Waals surface area contributed by atoms with Crippen LogP contribution in [0.2, 0.25) is 0 Å². The Kier molecular flexibility index (Phi) is 3.50. The van der Waals surface area contributed by atoms with E-state index in [9.17, 15) is 4.79 Å². The number of rotatable bonds is 1. The molecule has 4 heteroatoms. The molecular formula is C20H17N3O. The molecule has 4 rings (SSSR count). The van der Waals surface area contributed by atoms with E-state index < -0.39 is 5.54 Å². The summed E-state index contributed by atoms with van der Waals surface area (Å²) in [6.07, 6.45) is 2.54. The molecule has 2 unspecified atom stereocenters. The van der Waals surface area contributed by atoms with E-state index in [0.29, 0.717) is 18.5 Å². The Hall–Kier alpha value is -2.80. The van der Waals surface area contributed by atoms with Crippen molar-refractivity contribution >= 4 is 5.78 Å². The van der Waals surface area contributed by atoms with Gasteiger partial charge in [-0.1, -0.05) is 36.4 Å². The highest BCUT2D eigenvalue weighted by molar-refractivity contribution is 6.05. The topological polar surface area (TPSA) is 65.6 Å². The molecule has 0 fully saturated rings. The SMILES string of the molecule is N#Cc1ccc(C2CN=NC23CCCc2ccccc2C3=O)cc1. The number of fused-ring (bicyclic) bond motifs is 1. The Morgan fingerprint density at radius 3 is 2.71 bits per heavy atom. The maximum atomic E-state index is 13.4. The second-order valence-corrected chi connectivity index (χ2v) is 6.47. The van der Waals surface area contributed by atoms with Crippen LogP contribution in [-0.2, 0) is 6.42 Å². The third-order valence-corrected chi connectivity index (χ3v) is 5.19. The first kappa shape index (κ1) is 14.8. The first-order valence-electron chi connectivity index (χ1n) is 8.26. The van der Waals surface area contributed by atoms with Crippen molar-refractivity contribution in [3.8, 4) is 6.07 Å². The van der Waals surface area contributed by atoms with Crippen molar-refractivity contribution < 1.29 is 4.79 Å². The van der Waals surface area contributed by atoms with Crippen molar-refractivity contribution in [3.05, 3.63) is 70.8 Å². The van der Waals surface area contributed by atoms with Crippen LogP contribution in [0.4, 0.5) is 0 Å². The molecule has 1 spiro atoms. The zero-order valence-corrected chi connectivity index (χ0v) is 13.3. The van der Waals surface area contributed by atoms with Gasteiger partial charge in [0.15, 0.2) is 11.3 Å². The fourth-order valence-electron chi connectivity index (χ4n) is 3.92. The van der Waals surface area contributed by atoms with Crippen molar-refractivity contribution in [1.29, 1.82) is 5.26 Å². The molecule has 1 aliphatic heterocycles. The number of hydrogen-bond acceptors (Lipinski definition) is 4. The molecule has 0 radical (unpaired) electrons. The Morgan fingerprint density at radius 2 is 1.92 bits per heavy atom. The van der Waals surface area contributed by atoms with Gasteiger partial charge in [-0.2, -0.15) is 15.5 Å². The van der Waals surface area contributed by atoms with E-state index in [1.807, 2.05) is 36.4 Å². The Bertz CT molecular complexity index is 863. The third kappa shape index (κ3) is 2.16. The number of Topliss-reactive ketones (excluding diaryl/α,β-unsaturated/α-hetero) is 1. The van der Waals surface area contributed by atoms with Crippen LogP contribution in [0, 0.1) is 11.3 Å². The van der Waals surface area contributed by atoms with Crippen LogP contribution >= 0.6 is 0 Å². The molecule has 0 N–H and O–H groups in total. The number of aryl methyl sites for hydroxylation is 1. The van der Waals surface area contributed by atoms with Gasteiger partial charge in [-0.25, -0.2) is 0 Å². The average Bonchev–Trinajstić information content (AvgIpc) is 3.00. The number of azo groups is 1. The Balaban J connectivity index is 1.78. The molecule has 0 bridgehead atoms. The van der Waals surface area contributed by atoms with Crippen LogP contribution in [0.25, 0.3) is 0 Å². The van der Waals surface area contributed by atoms with Crippen LogP contribution in [0.1, 0.15) is 45.8 Å². The van der Waals surface area contributed by atoms with E-state index in [4.69, 9.17) is 5.26 Å². The smallest absolute Gasteiger partial charge is 0.193 e. The first-order chi connectivity index (χ1) is 11.7. The molecule has 118 valence electrons. The second kappa shape index (κ2) is 5.68. The highest BCUT2D eigenvalue weighted by Crippen LogP contribution is 2.45. The summed E-state index contributed by atoms with van der Waals surface area (Å²) in [6.45, 7) is 0.528. The number of hydrogen-bond donors (Lipinski definition) is 0. The molecule has 0 saturated carbocycles. The number of nitrogens with zero attached hydrogens (tertiary/aromatic N) is 3. The maximum absolute atomic E-state index is 13.4. The van der Waals surface area contributed by atoms with E-state index in [-0.39, 0.29) is 11.7 Å². The van der Waals surface area contributed by atoms with Gasteiger partial charge in [0, 0.05) is 11.5 Å². The van der Waals surface area contributed by atoms with Crippen molar-refractivity contribution in [2.75, 3.05) is 6.54 Å². The lowest BCUT2D eigenvalue weighted by Gasteiger charge is -2.29. The van der Waals surface area contributed by atoms with Gasteiger partial charge in [-0.3, -0.25) is 4.79 Å². The van der Waals surface area contributed by atoms with Crippen molar-refractivity contribution in [3.63, 3.8) is 0 Å². The predicted octanol–water partition coefficient (Wildman–Crippen LogP) is 4.07. The minimum absolute atomic E-state index is 0.0519. The largest absolute Gasteiger partial charge is 0.291 e. The number of benzene rings is 2. The van der Waals surface area contributed by atoms with Crippen LogP contribution in [0.3, 0.4) is 0 Å². The maximum Gasteiger partial charge on any atom is 0.193 e. The third-order valence-electron chi connectivity index (χ3n) is 5.19. The van der Waals surface area contributed by atoms with Crippen LogP contribution in [0.5, 0.6) is 0 Å². The fraction of sp³-hybridized carbons (Fsp3) is 0.300. The summed E-state index contributed by atoms with van der Waals surface area (Å²) in [5, 5.41) is 17.7. The highest BCUT2D eigenvalue weighted by atomic mass is 16.1. The van der Waals surface area contributed by atoms with E-state index >= 15 is 0 Å². The lowest BCUT2D eigenvalue weighted by atomic mass is 9.74. The van der Waals surface area contributed by atoms with Gasteiger partial charge in [0.2, 0.25) is 0 Å². The molecule has 1 aliphatic carbocycles. The molecular weight excluding hydrogens is 298 g/mol. The van der Waals surface area contributed by atoms with Gasteiger partial charge in [0.1, 0.15) is 0 Å². The minimum atomic E-state index is -0.791. The van der Waals surface area contributed by atoms with Crippen molar-refractivity contribution in [1.82, 2.24) is 0 Å². The lowest BCUT2D eigenvalue weighted by Crippen LogP contribution is -2.40. The van der Waals surface area contributed by atoms with Gasteiger partial charge in [-0.15, -0.1) is 0 Å². The van der Waals surface area contributed by atoms with Gasteiger partial charge >= 0.3 is 0 Å². The predicted molar refractivity (Wildman–Crippen MR) is 90.1 cm³/mol. The van der Waals surface area contributed by atoms with E-state index in [1.54, 1.807) is 12.1 Å². The molecule has 2 atom stereocenters. The molecule has 0 saturated heterocycles. The first-order valence-corrected chi connectivity index (χ1v) is 8.26. The van der Waals surface area contributed by atoms with Crippen molar-refractivity contribution in [2.45, 2.75) is 30.7 Å². The number of carbonyl (C=O) groups is 1. The van der Waals surface area contributed by atoms with Gasteiger partial charge in [0.25, 0.3) is 0 Å². The molecule has 0 aromatic heterocycles. The average molecular weight is 315 g/mol. The Morgan fingerprint density at radius 1 is 1.12 bits per heavy atom. The summed E-state index contributed by atoms with van der Waals surface area (Å²) in [4.78, 5) is 13.4. The molecule has 2 aliphatic rings. The summed E-state index contributed by atoms with van der Waals surface area (Å²) < 4.78 is 0. The second-order valence-electron chi connectivity index (χ2n) is 6.47. The number of nitriles is 1. The minimum Gasteiger partial charge on any atom is -0.291 e. The molecule has 24 heavy (non-hydrogen) atoms. The summed E-state index contributed by atoms with van der Waals surface area (Å²) in [5.41, 5.74) is 2.76. The monoisotopic (exact) mass is 315 g/mol. The quantitative estimate of drug-likeness (QED) is 0.796. The summed E-state index contributed by atoms with van der Waals surface area (Å²) in [6, 6.07) is 17.5.